The van der Waals surface area contributed by atoms with Gasteiger partial charge in [0, 0.05) is 49.9 Å². The van der Waals surface area contributed by atoms with E-state index >= 15 is 0 Å². The average molecular weight is 528 g/mol. The number of imidazole rings is 1. The second-order valence-electron chi connectivity index (χ2n) is 10.6. The second-order valence-corrected chi connectivity index (χ2v) is 12.5. The predicted octanol–water partition coefficient (Wildman–Crippen LogP) is 2.33. The number of sulfonamides is 1. The van der Waals surface area contributed by atoms with Crippen molar-refractivity contribution in [3.05, 3.63) is 47.5 Å². The molecule has 200 valence electrons. The van der Waals surface area contributed by atoms with Crippen LogP contribution in [0, 0.1) is 11.8 Å². The molecule has 3 atom stereocenters. The minimum atomic E-state index is -3.83. The van der Waals surface area contributed by atoms with Crippen LogP contribution in [0.3, 0.4) is 0 Å². The van der Waals surface area contributed by atoms with Crippen LogP contribution in [0.2, 0.25) is 0 Å². The third kappa shape index (κ3) is 5.75. The highest BCUT2D eigenvalue weighted by Crippen LogP contribution is 2.39. The highest BCUT2D eigenvalue weighted by Gasteiger charge is 2.47. The molecule has 1 saturated carbocycles. The monoisotopic (exact) mass is 527 g/mol. The maximum Gasteiger partial charge on any atom is 0.243 e. The molecule has 1 aliphatic heterocycles. The number of aromatic amines is 1. The van der Waals surface area contributed by atoms with E-state index in [1.165, 1.54) is 5.56 Å². The first-order chi connectivity index (χ1) is 17.9. The SMILES string of the molecule is O=C(NCCc1cnc[nH]1)[C@@H]1C[C@H]2C(=O)NCCCCCCN(S(=O)(=O)c3ccc4c(c3)CCC4)[C@H]2C1. The molecule has 37 heavy (non-hydrogen) atoms. The number of benzene rings is 1. The number of fused-ring (bicyclic) bond motifs is 2. The van der Waals surface area contributed by atoms with Crippen molar-refractivity contribution in [2.75, 3.05) is 19.6 Å². The molecule has 2 aliphatic carbocycles. The van der Waals surface area contributed by atoms with Crippen molar-refractivity contribution in [3.63, 3.8) is 0 Å². The smallest absolute Gasteiger partial charge is 0.243 e. The van der Waals surface area contributed by atoms with Gasteiger partial charge in [-0.05, 0) is 68.2 Å². The maximum absolute atomic E-state index is 14.0. The molecular weight excluding hydrogens is 490 g/mol. The number of carbonyl (C=O) groups excluding carboxylic acids is 2. The van der Waals surface area contributed by atoms with Crippen LogP contribution >= 0.6 is 0 Å². The lowest BCUT2D eigenvalue weighted by Crippen LogP contribution is -2.47. The molecule has 1 aromatic carbocycles. The van der Waals surface area contributed by atoms with Crippen molar-refractivity contribution >= 4 is 21.8 Å². The summed E-state index contributed by atoms with van der Waals surface area (Å²) < 4.78 is 29.7. The lowest BCUT2D eigenvalue weighted by molar-refractivity contribution is -0.126. The molecule has 0 radical (unpaired) electrons. The Bertz CT molecular complexity index is 1210. The Kier molecular flexibility index (Phi) is 7.95. The van der Waals surface area contributed by atoms with Gasteiger partial charge in [0.05, 0.1) is 17.1 Å². The molecule has 2 aromatic rings. The summed E-state index contributed by atoms with van der Waals surface area (Å²) in [6.45, 7) is 1.40. The second kappa shape index (κ2) is 11.3. The number of carbonyl (C=O) groups is 2. The molecule has 1 aromatic heterocycles. The van der Waals surface area contributed by atoms with Crippen LogP contribution in [-0.2, 0) is 38.9 Å². The summed E-state index contributed by atoms with van der Waals surface area (Å²) in [6.07, 6.45) is 11.0. The van der Waals surface area contributed by atoms with Crippen LogP contribution in [0.1, 0.15) is 61.8 Å². The number of nitrogens with zero attached hydrogens (tertiary/aromatic N) is 2. The molecular formula is C27H37N5O4S. The number of hydrogen-bond donors (Lipinski definition) is 3. The first-order valence-corrected chi connectivity index (χ1v) is 15.0. The van der Waals surface area contributed by atoms with Gasteiger partial charge in [-0.15, -0.1) is 0 Å². The molecule has 9 nitrogen and oxygen atoms in total. The Morgan fingerprint density at radius 2 is 1.92 bits per heavy atom. The van der Waals surface area contributed by atoms with E-state index in [0.29, 0.717) is 43.8 Å². The van der Waals surface area contributed by atoms with Crippen molar-refractivity contribution in [1.29, 1.82) is 0 Å². The maximum atomic E-state index is 14.0. The van der Waals surface area contributed by atoms with Gasteiger partial charge in [0.2, 0.25) is 21.8 Å². The first-order valence-electron chi connectivity index (χ1n) is 13.6. The summed E-state index contributed by atoms with van der Waals surface area (Å²) in [5, 5.41) is 6.00. The fourth-order valence-corrected chi connectivity index (χ4v) is 7.87. The van der Waals surface area contributed by atoms with Gasteiger partial charge in [0.15, 0.2) is 0 Å². The lowest BCUT2D eigenvalue weighted by atomic mass is 10.0. The fourth-order valence-electron chi connectivity index (χ4n) is 6.11. The van der Waals surface area contributed by atoms with Crippen molar-refractivity contribution in [3.8, 4) is 0 Å². The van der Waals surface area contributed by atoms with Crippen molar-refractivity contribution in [1.82, 2.24) is 24.9 Å². The molecule has 1 saturated heterocycles. The predicted molar refractivity (Wildman–Crippen MR) is 139 cm³/mol. The van der Waals surface area contributed by atoms with Gasteiger partial charge < -0.3 is 15.6 Å². The largest absolute Gasteiger partial charge is 0.356 e. The molecule has 10 heteroatoms. The fraction of sp³-hybridized carbons (Fsp3) is 0.593. The van der Waals surface area contributed by atoms with Gasteiger partial charge in [-0.3, -0.25) is 9.59 Å². The highest BCUT2D eigenvalue weighted by atomic mass is 32.2. The standard InChI is InChI=1S/C27H37N5O4S/c33-26(30-12-10-22-17-28-18-31-22)21-15-24-25(16-21)32(13-4-2-1-3-11-29-27(24)34)37(35,36)23-9-8-19-6-5-7-20(19)14-23/h8-9,14,17-18,21,24-25H,1-7,10-13,15-16H2,(H,28,31)(H,29,34)(H,30,33)/t21-,24-,25+/m1/s1. The molecule has 0 unspecified atom stereocenters. The van der Waals surface area contributed by atoms with E-state index in [1.807, 2.05) is 12.1 Å². The minimum Gasteiger partial charge on any atom is -0.356 e. The molecule has 5 rings (SSSR count). The van der Waals surface area contributed by atoms with Gasteiger partial charge in [-0.2, -0.15) is 4.31 Å². The number of H-pyrrole nitrogens is 1. The molecule has 3 N–H and O–H groups in total. The highest BCUT2D eigenvalue weighted by molar-refractivity contribution is 7.89. The van der Waals surface area contributed by atoms with Gasteiger partial charge in [-0.25, -0.2) is 13.4 Å². The molecule has 2 amide bonds. The summed E-state index contributed by atoms with van der Waals surface area (Å²) in [4.78, 5) is 33.7. The summed E-state index contributed by atoms with van der Waals surface area (Å²) in [5.74, 6) is -1.23. The van der Waals surface area contributed by atoms with E-state index in [1.54, 1.807) is 22.9 Å². The Morgan fingerprint density at radius 1 is 1.08 bits per heavy atom. The minimum absolute atomic E-state index is 0.123. The summed E-state index contributed by atoms with van der Waals surface area (Å²) in [7, 11) is -3.83. The molecule has 2 fully saturated rings. The van der Waals surface area contributed by atoms with Gasteiger partial charge in [0.1, 0.15) is 0 Å². The van der Waals surface area contributed by atoms with Gasteiger partial charge in [0.25, 0.3) is 0 Å². The summed E-state index contributed by atoms with van der Waals surface area (Å²) >= 11 is 0. The van der Waals surface area contributed by atoms with Crippen molar-refractivity contribution in [2.45, 2.75) is 75.1 Å². The van der Waals surface area contributed by atoms with E-state index in [9.17, 15) is 18.0 Å². The lowest BCUT2D eigenvalue weighted by Gasteiger charge is -2.31. The van der Waals surface area contributed by atoms with E-state index in [0.717, 1.165) is 56.2 Å². The number of amides is 2. The van der Waals surface area contributed by atoms with Gasteiger partial charge >= 0.3 is 0 Å². The van der Waals surface area contributed by atoms with Gasteiger partial charge in [-0.1, -0.05) is 18.9 Å². The summed E-state index contributed by atoms with van der Waals surface area (Å²) in [5.41, 5.74) is 3.26. The average Bonchev–Trinajstić information content (AvgIpc) is 3.65. The van der Waals surface area contributed by atoms with E-state index in [4.69, 9.17) is 0 Å². The zero-order valence-electron chi connectivity index (χ0n) is 21.2. The molecule has 2 heterocycles. The topological polar surface area (TPSA) is 124 Å². The first kappa shape index (κ1) is 25.9. The number of hydrogen-bond acceptors (Lipinski definition) is 5. The van der Waals surface area contributed by atoms with E-state index in [2.05, 4.69) is 20.6 Å². The van der Waals surface area contributed by atoms with Crippen LogP contribution in [0.5, 0.6) is 0 Å². The van der Waals surface area contributed by atoms with Crippen LogP contribution in [-0.4, -0.2) is 60.2 Å². The molecule has 0 bridgehead atoms. The quantitative estimate of drug-likeness (QED) is 0.532. The third-order valence-corrected chi connectivity index (χ3v) is 10.1. The number of rotatable bonds is 6. The third-order valence-electron chi connectivity index (χ3n) is 8.14. The Hall–Kier alpha value is -2.72. The number of aromatic nitrogens is 2. The molecule has 3 aliphatic rings. The van der Waals surface area contributed by atoms with Crippen LogP contribution < -0.4 is 10.6 Å². The zero-order chi connectivity index (χ0) is 25.8. The van der Waals surface area contributed by atoms with E-state index < -0.39 is 27.9 Å². The molecule has 0 spiro atoms. The normalized spacial score (nSPS) is 25.1. The Labute approximate surface area is 218 Å². The summed E-state index contributed by atoms with van der Waals surface area (Å²) in [6, 6.07) is 4.94. The van der Waals surface area contributed by atoms with Crippen molar-refractivity contribution < 1.29 is 18.0 Å². The van der Waals surface area contributed by atoms with E-state index in [-0.39, 0.29) is 11.8 Å². The Balaban J connectivity index is 1.38. The number of nitrogens with one attached hydrogen (secondary N) is 3. The van der Waals surface area contributed by atoms with Crippen molar-refractivity contribution in [2.24, 2.45) is 11.8 Å². The zero-order valence-corrected chi connectivity index (χ0v) is 22.1. The van der Waals surface area contributed by atoms with Crippen LogP contribution in [0.25, 0.3) is 0 Å². The Morgan fingerprint density at radius 3 is 2.76 bits per heavy atom. The van der Waals surface area contributed by atoms with Crippen LogP contribution in [0.15, 0.2) is 35.6 Å². The van der Waals surface area contributed by atoms with Crippen LogP contribution in [0.4, 0.5) is 0 Å². The number of aryl methyl sites for hydroxylation is 2.